The predicted octanol–water partition coefficient (Wildman–Crippen LogP) is 2.27. The summed E-state index contributed by atoms with van der Waals surface area (Å²) < 4.78 is 26.6. The van der Waals surface area contributed by atoms with Crippen LogP contribution < -0.4 is 5.32 Å². The number of benzene rings is 1. The number of nitrogens with one attached hydrogen (secondary N) is 1. The first-order valence-corrected chi connectivity index (χ1v) is 6.47. The highest BCUT2D eigenvalue weighted by molar-refractivity contribution is 9.10. The van der Waals surface area contributed by atoms with Crippen LogP contribution in [-0.4, -0.2) is 29.6 Å². The van der Waals surface area contributed by atoms with Crippen molar-refractivity contribution in [2.45, 2.75) is 12.8 Å². The third-order valence-corrected chi connectivity index (χ3v) is 3.34. The van der Waals surface area contributed by atoms with Crippen LogP contribution in [0.3, 0.4) is 0 Å². The largest absolute Gasteiger partial charge is 0.318 e. The molecule has 0 atom stereocenters. The number of amides is 2. The average Bonchev–Trinajstić information content (AvgIpc) is 2.39. The molecule has 2 amide bonds. The van der Waals surface area contributed by atoms with Gasteiger partial charge < -0.3 is 5.32 Å². The maximum absolute atomic E-state index is 13.5. The topological polar surface area (TPSA) is 61.8 Å². The van der Waals surface area contributed by atoms with Crippen LogP contribution in [0.4, 0.5) is 14.5 Å². The molecule has 1 aliphatic rings. The highest BCUT2D eigenvalue weighted by Gasteiger charge is 2.22. The minimum Gasteiger partial charge on any atom is -0.318 e. The zero-order valence-corrected chi connectivity index (χ0v) is 12.0. The number of rotatable bonds is 2. The van der Waals surface area contributed by atoms with E-state index in [9.17, 15) is 18.4 Å². The molecule has 0 spiro atoms. The van der Waals surface area contributed by atoms with Crippen molar-refractivity contribution in [2.75, 3.05) is 12.4 Å². The predicted molar refractivity (Wildman–Crippen MR) is 72.1 cm³/mol. The van der Waals surface area contributed by atoms with E-state index in [0.717, 1.165) is 11.1 Å². The molecule has 1 aliphatic heterocycles. The van der Waals surface area contributed by atoms with Gasteiger partial charge in [-0.05, 0) is 22.0 Å². The Morgan fingerprint density at radius 2 is 2.05 bits per heavy atom. The minimum absolute atomic E-state index is 0.0343. The molecule has 1 heterocycles. The Balaban J connectivity index is 2.19. The number of hydrogen-bond donors (Lipinski definition) is 1. The van der Waals surface area contributed by atoms with Gasteiger partial charge in [0, 0.05) is 26.0 Å². The smallest absolute Gasteiger partial charge is 0.271 e. The Hall–Kier alpha value is -1.83. The van der Waals surface area contributed by atoms with Crippen molar-refractivity contribution in [3.8, 4) is 0 Å². The van der Waals surface area contributed by atoms with E-state index in [-0.39, 0.29) is 34.6 Å². The van der Waals surface area contributed by atoms with Gasteiger partial charge in [0.05, 0.1) is 10.2 Å². The van der Waals surface area contributed by atoms with Crippen LogP contribution in [0.2, 0.25) is 0 Å². The summed E-state index contributed by atoms with van der Waals surface area (Å²) in [5.41, 5.74) is -0.0440. The standard InChI is InChI=1S/C12H10BrF2N3O2/c1-18-11(19)3-2-9(17-18)12(20)16-10-4-6(13)7(14)5-8(10)15/h4-5H,2-3H2,1H3,(H,16,20). The van der Waals surface area contributed by atoms with E-state index in [0.29, 0.717) is 6.07 Å². The fourth-order valence-corrected chi connectivity index (χ4v) is 1.99. The fourth-order valence-electron chi connectivity index (χ4n) is 1.65. The molecule has 0 saturated carbocycles. The van der Waals surface area contributed by atoms with Gasteiger partial charge in [-0.2, -0.15) is 5.10 Å². The molecular formula is C12H10BrF2N3O2. The summed E-state index contributed by atoms with van der Waals surface area (Å²) in [4.78, 5) is 23.1. The molecule has 106 valence electrons. The van der Waals surface area contributed by atoms with Crippen molar-refractivity contribution in [3.05, 3.63) is 28.2 Å². The molecule has 20 heavy (non-hydrogen) atoms. The molecule has 2 rings (SSSR count). The Labute approximate surface area is 121 Å². The lowest BCUT2D eigenvalue weighted by atomic mass is 10.1. The van der Waals surface area contributed by atoms with Crippen molar-refractivity contribution >= 4 is 39.1 Å². The van der Waals surface area contributed by atoms with Gasteiger partial charge in [-0.15, -0.1) is 0 Å². The normalized spacial score (nSPS) is 15.1. The van der Waals surface area contributed by atoms with Gasteiger partial charge in [-0.25, -0.2) is 13.8 Å². The van der Waals surface area contributed by atoms with E-state index in [1.165, 1.54) is 7.05 Å². The van der Waals surface area contributed by atoms with Crippen molar-refractivity contribution in [3.63, 3.8) is 0 Å². The summed E-state index contributed by atoms with van der Waals surface area (Å²) in [6.07, 6.45) is 0.345. The molecule has 1 N–H and O–H groups in total. The number of hydrogen-bond acceptors (Lipinski definition) is 3. The summed E-state index contributed by atoms with van der Waals surface area (Å²) in [5, 5.41) is 7.18. The maximum Gasteiger partial charge on any atom is 0.271 e. The number of hydrazone groups is 1. The Kier molecular flexibility index (Phi) is 4.12. The highest BCUT2D eigenvalue weighted by atomic mass is 79.9. The van der Waals surface area contributed by atoms with Crippen molar-refractivity contribution in [1.82, 2.24) is 5.01 Å². The van der Waals surface area contributed by atoms with E-state index in [2.05, 4.69) is 26.3 Å². The number of nitrogens with zero attached hydrogens (tertiary/aromatic N) is 2. The maximum atomic E-state index is 13.5. The summed E-state index contributed by atoms with van der Waals surface area (Å²) in [6.45, 7) is 0. The van der Waals surface area contributed by atoms with Crippen LogP contribution >= 0.6 is 15.9 Å². The number of carbonyl (C=O) groups is 2. The molecule has 0 radical (unpaired) electrons. The number of halogens is 3. The summed E-state index contributed by atoms with van der Waals surface area (Å²) in [7, 11) is 1.43. The van der Waals surface area contributed by atoms with Crippen LogP contribution in [0.1, 0.15) is 12.8 Å². The lowest BCUT2D eigenvalue weighted by Crippen LogP contribution is -2.34. The Morgan fingerprint density at radius 3 is 2.70 bits per heavy atom. The highest BCUT2D eigenvalue weighted by Crippen LogP contribution is 2.24. The summed E-state index contributed by atoms with van der Waals surface area (Å²) >= 11 is 2.91. The summed E-state index contributed by atoms with van der Waals surface area (Å²) in [6, 6.07) is 1.79. The second-order valence-electron chi connectivity index (χ2n) is 4.16. The molecule has 1 aromatic carbocycles. The first-order chi connectivity index (χ1) is 9.38. The number of anilines is 1. The third-order valence-electron chi connectivity index (χ3n) is 2.73. The number of carbonyl (C=O) groups excluding carboxylic acids is 2. The Bertz CT molecular complexity index is 619. The molecular weight excluding hydrogens is 336 g/mol. The first kappa shape index (κ1) is 14.6. The van der Waals surface area contributed by atoms with Crippen LogP contribution in [0.5, 0.6) is 0 Å². The van der Waals surface area contributed by atoms with Gasteiger partial charge in [0.25, 0.3) is 5.91 Å². The van der Waals surface area contributed by atoms with E-state index in [4.69, 9.17) is 0 Å². The second kappa shape index (κ2) is 5.66. The van der Waals surface area contributed by atoms with E-state index < -0.39 is 17.5 Å². The fraction of sp³-hybridized carbons (Fsp3) is 0.250. The Morgan fingerprint density at radius 1 is 1.35 bits per heavy atom. The molecule has 0 fully saturated rings. The average molecular weight is 346 g/mol. The third kappa shape index (κ3) is 3.01. The zero-order chi connectivity index (χ0) is 14.9. The van der Waals surface area contributed by atoms with Crippen LogP contribution in [0.15, 0.2) is 21.7 Å². The molecule has 8 heteroatoms. The summed E-state index contributed by atoms with van der Waals surface area (Å²) in [5.74, 6) is -2.47. The molecule has 0 unspecified atom stereocenters. The van der Waals surface area contributed by atoms with E-state index in [1.54, 1.807) is 0 Å². The first-order valence-electron chi connectivity index (χ1n) is 5.68. The van der Waals surface area contributed by atoms with Gasteiger partial charge in [0.2, 0.25) is 5.91 Å². The minimum atomic E-state index is -0.889. The zero-order valence-electron chi connectivity index (χ0n) is 10.4. The monoisotopic (exact) mass is 345 g/mol. The molecule has 5 nitrogen and oxygen atoms in total. The van der Waals surface area contributed by atoms with Gasteiger partial charge in [0.15, 0.2) is 0 Å². The van der Waals surface area contributed by atoms with E-state index in [1.807, 2.05) is 0 Å². The lowest BCUT2D eigenvalue weighted by Gasteiger charge is -2.19. The molecule has 0 aromatic heterocycles. The quantitative estimate of drug-likeness (QED) is 0.836. The van der Waals surface area contributed by atoms with Crippen LogP contribution in [0, 0.1) is 11.6 Å². The molecule has 0 bridgehead atoms. The van der Waals surface area contributed by atoms with Crippen molar-refractivity contribution < 1.29 is 18.4 Å². The van der Waals surface area contributed by atoms with Gasteiger partial charge in [0.1, 0.15) is 17.3 Å². The lowest BCUT2D eigenvalue weighted by molar-refractivity contribution is -0.130. The van der Waals surface area contributed by atoms with Gasteiger partial charge in [-0.1, -0.05) is 0 Å². The van der Waals surface area contributed by atoms with Crippen molar-refractivity contribution in [2.24, 2.45) is 5.10 Å². The van der Waals surface area contributed by atoms with Crippen LogP contribution in [-0.2, 0) is 9.59 Å². The van der Waals surface area contributed by atoms with Gasteiger partial charge >= 0.3 is 0 Å². The molecule has 0 saturated heterocycles. The van der Waals surface area contributed by atoms with Crippen LogP contribution in [0.25, 0.3) is 0 Å². The van der Waals surface area contributed by atoms with Crippen molar-refractivity contribution in [1.29, 1.82) is 0 Å². The second-order valence-corrected chi connectivity index (χ2v) is 5.02. The SMILES string of the molecule is CN1N=C(C(=O)Nc2cc(Br)c(F)cc2F)CCC1=O. The van der Waals surface area contributed by atoms with E-state index >= 15 is 0 Å². The molecule has 0 aliphatic carbocycles. The van der Waals surface area contributed by atoms with Gasteiger partial charge in [-0.3, -0.25) is 9.59 Å². The molecule has 1 aromatic rings.